The summed E-state index contributed by atoms with van der Waals surface area (Å²) in [5.74, 6) is 0.814. The highest BCUT2D eigenvalue weighted by Gasteiger charge is 2.24. The minimum atomic E-state index is 0.468. The van der Waals surface area contributed by atoms with Gasteiger partial charge in [-0.25, -0.2) is 0 Å². The fraction of sp³-hybridized carbons (Fsp3) is 0.538. The number of nitrogens with one attached hydrogen (secondary N) is 1. The molecule has 0 radical (unpaired) electrons. The van der Waals surface area contributed by atoms with Gasteiger partial charge in [0.2, 0.25) is 0 Å². The predicted molar refractivity (Wildman–Crippen MR) is 71.4 cm³/mol. The molecule has 3 N–H and O–H groups in total. The standard InChI is InChI=1S/C13H19BrN2/c14-13-4-2-1-3-11(13)5-6-16-9-10-7-12(15)8-10/h1-4,10,12,16H,5-9,15H2. The lowest BCUT2D eigenvalue weighted by molar-refractivity contribution is 0.257. The van der Waals surface area contributed by atoms with Crippen LogP contribution in [0.2, 0.25) is 0 Å². The normalized spacial score (nSPS) is 24.1. The molecule has 0 saturated heterocycles. The van der Waals surface area contributed by atoms with Gasteiger partial charge >= 0.3 is 0 Å². The molecule has 0 atom stereocenters. The molecule has 2 nitrogen and oxygen atoms in total. The molecule has 1 aliphatic rings. The zero-order valence-corrected chi connectivity index (χ0v) is 11.0. The Labute approximate surface area is 106 Å². The zero-order chi connectivity index (χ0) is 11.4. The number of hydrogen-bond acceptors (Lipinski definition) is 2. The zero-order valence-electron chi connectivity index (χ0n) is 9.45. The summed E-state index contributed by atoms with van der Waals surface area (Å²) in [5.41, 5.74) is 7.13. The number of rotatable bonds is 5. The van der Waals surface area contributed by atoms with Gasteiger partial charge in [-0.2, -0.15) is 0 Å². The van der Waals surface area contributed by atoms with E-state index < -0.39 is 0 Å². The Morgan fingerprint density at radius 1 is 1.31 bits per heavy atom. The van der Waals surface area contributed by atoms with Crippen molar-refractivity contribution in [2.24, 2.45) is 11.7 Å². The minimum absolute atomic E-state index is 0.468. The second-order valence-electron chi connectivity index (χ2n) is 4.64. The average Bonchev–Trinajstić information content (AvgIpc) is 2.23. The molecule has 16 heavy (non-hydrogen) atoms. The molecule has 0 heterocycles. The summed E-state index contributed by atoms with van der Waals surface area (Å²) in [6.07, 6.45) is 3.48. The summed E-state index contributed by atoms with van der Waals surface area (Å²) in [6, 6.07) is 8.88. The third kappa shape index (κ3) is 3.30. The quantitative estimate of drug-likeness (QED) is 0.814. The first-order valence-electron chi connectivity index (χ1n) is 5.95. The smallest absolute Gasteiger partial charge is 0.0207 e. The summed E-state index contributed by atoms with van der Waals surface area (Å²) in [6.45, 7) is 2.17. The number of hydrogen-bond donors (Lipinski definition) is 2. The Hall–Kier alpha value is -0.380. The summed E-state index contributed by atoms with van der Waals surface area (Å²) >= 11 is 3.57. The highest BCUT2D eigenvalue weighted by Crippen LogP contribution is 2.24. The number of halogens is 1. The van der Waals surface area contributed by atoms with E-state index in [9.17, 15) is 0 Å². The lowest BCUT2D eigenvalue weighted by Gasteiger charge is -2.32. The van der Waals surface area contributed by atoms with E-state index in [1.807, 2.05) is 0 Å². The molecule has 1 aliphatic carbocycles. The van der Waals surface area contributed by atoms with E-state index in [-0.39, 0.29) is 0 Å². The van der Waals surface area contributed by atoms with Gasteiger partial charge in [-0.3, -0.25) is 0 Å². The van der Waals surface area contributed by atoms with E-state index in [1.165, 1.54) is 22.9 Å². The fourth-order valence-electron chi connectivity index (χ4n) is 2.18. The molecule has 0 spiro atoms. The first-order valence-corrected chi connectivity index (χ1v) is 6.74. The van der Waals surface area contributed by atoms with Gasteiger partial charge in [0.15, 0.2) is 0 Å². The summed E-state index contributed by atoms with van der Waals surface area (Å²) in [5, 5.41) is 3.51. The second-order valence-corrected chi connectivity index (χ2v) is 5.50. The fourth-order valence-corrected chi connectivity index (χ4v) is 2.67. The molecule has 0 amide bonds. The number of nitrogens with two attached hydrogens (primary N) is 1. The molecule has 1 fully saturated rings. The van der Waals surface area contributed by atoms with Crippen LogP contribution in [-0.4, -0.2) is 19.1 Å². The lowest BCUT2D eigenvalue weighted by Crippen LogP contribution is -2.41. The van der Waals surface area contributed by atoms with Crippen molar-refractivity contribution in [1.29, 1.82) is 0 Å². The van der Waals surface area contributed by atoms with Gasteiger partial charge in [0.25, 0.3) is 0 Å². The lowest BCUT2D eigenvalue weighted by atomic mass is 9.81. The van der Waals surface area contributed by atoms with Crippen molar-refractivity contribution >= 4 is 15.9 Å². The summed E-state index contributed by atoms with van der Waals surface area (Å²) in [4.78, 5) is 0. The highest BCUT2D eigenvalue weighted by atomic mass is 79.9. The van der Waals surface area contributed by atoms with Gasteiger partial charge in [0, 0.05) is 10.5 Å². The van der Waals surface area contributed by atoms with Crippen LogP contribution in [0.4, 0.5) is 0 Å². The van der Waals surface area contributed by atoms with E-state index in [2.05, 4.69) is 45.5 Å². The Morgan fingerprint density at radius 2 is 2.06 bits per heavy atom. The maximum absolute atomic E-state index is 5.75. The Kier molecular flexibility index (Phi) is 4.38. The maximum atomic E-state index is 5.75. The molecular formula is C13H19BrN2. The third-order valence-corrected chi connectivity index (χ3v) is 4.01. The van der Waals surface area contributed by atoms with Crippen LogP contribution in [-0.2, 0) is 6.42 Å². The molecule has 1 saturated carbocycles. The SMILES string of the molecule is NC1CC(CNCCc2ccccc2Br)C1. The van der Waals surface area contributed by atoms with E-state index in [1.54, 1.807) is 0 Å². The van der Waals surface area contributed by atoms with Gasteiger partial charge in [0.05, 0.1) is 0 Å². The van der Waals surface area contributed by atoms with Crippen molar-refractivity contribution in [3.8, 4) is 0 Å². The van der Waals surface area contributed by atoms with Gasteiger partial charge in [0.1, 0.15) is 0 Å². The van der Waals surface area contributed by atoms with Crippen molar-refractivity contribution in [3.05, 3.63) is 34.3 Å². The van der Waals surface area contributed by atoms with Crippen molar-refractivity contribution in [2.45, 2.75) is 25.3 Å². The predicted octanol–water partition coefficient (Wildman–Crippen LogP) is 2.32. The van der Waals surface area contributed by atoms with Crippen LogP contribution < -0.4 is 11.1 Å². The van der Waals surface area contributed by atoms with Gasteiger partial charge in [-0.1, -0.05) is 34.1 Å². The second kappa shape index (κ2) is 5.80. The van der Waals surface area contributed by atoms with Crippen molar-refractivity contribution in [3.63, 3.8) is 0 Å². The summed E-state index contributed by atoms with van der Waals surface area (Å²) < 4.78 is 1.21. The highest BCUT2D eigenvalue weighted by molar-refractivity contribution is 9.10. The molecule has 0 unspecified atom stereocenters. The Morgan fingerprint density at radius 3 is 2.75 bits per heavy atom. The molecule has 0 aromatic heterocycles. The van der Waals surface area contributed by atoms with Crippen LogP contribution in [0.1, 0.15) is 18.4 Å². The molecule has 3 heteroatoms. The van der Waals surface area contributed by atoms with Gasteiger partial charge < -0.3 is 11.1 Å². The van der Waals surface area contributed by atoms with Crippen LogP contribution in [0.25, 0.3) is 0 Å². The van der Waals surface area contributed by atoms with E-state index >= 15 is 0 Å². The van der Waals surface area contributed by atoms with Crippen LogP contribution in [0.3, 0.4) is 0 Å². The number of benzene rings is 1. The van der Waals surface area contributed by atoms with Crippen molar-refractivity contribution in [2.75, 3.05) is 13.1 Å². The molecular weight excluding hydrogens is 264 g/mol. The van der Waals surface area contributed by atoms with Crippen molar-refractivity contribution < 1.29 is 0 Å². The van der Waals surface area contributed by atoms with Crippen LogP contribution >= 0.6 is 15.9 Å². The minimum Gasteiger partial charge on any atom is -0.328 e. The molecule has 88 valence electrons. The largest absolute Gasteiger partial charge is 0.328 e. The van der Waals surface area contributed by atoms with Crippen LogP contribution in [0, 0.1) is 5.92 Å². The van der Waals surface area contributed by atoms with E-state index in [0.717, 1.165) is 25.4 Å². The van der Waals surface area contributed by atoms with Crippen molar-refractivity contribution in [1.82, 2.24) is 5.32 Å². The van der Waals surface area contributed by atoms with Gasteiger partial charge in [-0.05, 0) is 49.9 Å². The summed E-state index contributed by atoms with van der Waals surface area (Å²) in [7, 11) is 0. The van der Waals surface area contributed by atoms with Crippen LogP contribution in [0.5, 0.6) is 0 Å². The van der Waals surface area contributed by atoms with E-state index in [0.29, 0.717) is 6.04 Å². The first kappa shape index (κ1) is 12.1. The first-order chi connectivity index (χ1) is 7.75. The topological polar surface area (TPSA) is 38.0 Å². The molecule has 0 aliphatic heterocycles. The monoisotopic (exact) mass is 282 g/mol. The third-order valence-electron chi connectivity index (χ3n) is 3.23. The maximum Gasteiger partial charge on any atom is 0.0207 e. The molecule has 1 aromatic rings. The van der Waals surface area contributed by atoms with Crippen LogP contribution in [0.15, 0.2) is 28.7 Å². The Balaban J connectivity index is 1.63. The van der Waals surface area contributed by atoms with Gasteiger partial charge in [-0.15, -0.1) is 0 Å². The molecule has 2 rings (SSSR count). The average molecular weight is 283 g/mol. The van der Waals surface area contributed by atoms with E-state index in [4.69, 9.17) is 5.73 Å². The Bertz CT molecular complexity index is 334. The molecule has 0 bridgehead atoms. The molecule has 1 aromatic carbocycles.